The summed E-state index contributed by atoms with van der Waals surface area (Å²) in [6, 6.07) is 11.8. The van der Waals surface area contributed by atoms with Gasteiger partial charge in [0.1, 0.15) is 5.76 Å². The molecule has 0 saturated carbocycles. The zero-order valence-corrected chi connectivity index (χ0v) is 23.8. The zero-order valence-electron chi connectivity index (χ0n) is 23.0. The second-order valence-corrected chi connectivity index (χ2v) is 11.0. The number of aliphatic hydroxyl groups is 2. The summed E-state index contributed by atoms with van der Waals surface area (Å²) >= 11 is 0. The minimum absolute atomic E-state index is 0. The Bertz CT molecular complexity index is 1450. The topological polar surface area (TPSA) is 152 Å². The number of halogens is 1. The van der Waals surface area contributed by atoms with Gasteiger partial charge < -0.3 is 39.2 Å². The molecule has 1 saturated heterocycles. The fourth-order valence-electron chi connectivity index (χ4n) is 7.06. The maximum atomic E-state index is 13.6. The lowest BCUT2D eigenvalue weighted by Crippen LogP contribution is -2.74. The molecular formula is C30H32ClNO10. The predicted octanol–water partition coefficient (Wildman–Crippen LogP) is 2.06. The van der Waals surface area contributed by atoms with Crippen molar-refractivity contribution < 1.29 is 48.7 Å². The van der Waals surface area contributed by atoms with Gasteiger partial charge in [-0.3, -0.25) is 4.79 Å². The highest BCUT2D eigenvalue weighted by Gasteiger charge is 2.72. The van der Waals surface area contributed by atoms with E-state index < -0.39 is 53.7 Å². The Kier molecular flexibility index (Phi) is 7.73. The molecule has 2 heterocycles. The SMILES string of the molecule is COc1ccc2c3c1O[C@H]1C(OC(=O)[C@@H](OC(=O)C[C@H](O)C(=O)O)c4ccccc4)=CC[C@@]4(O)[C@@H](C2)N(C)CC[C@]314.Cl. The van der Waals surface area contributed by atoms with Crippen LogP contribution in [0.1, 0.15) is 42.1 Å². The summed E-state index contributed by atoms with van der Waals surface area (Å²) in [5.41, 5.74) is 0.146. The second kappa shape index (κ2) is 10.9. The summed E-state index contributed by atoms with van der Waals surface area (Å²) in [4.78, 5) is 39.3. The maximum absolute atomic E-state index is 13.6. The van der Waals surface area contributed by atoms with Gasteiger partial charge in [-0.1, -0.05) is 36.4 Å². The highest BCUT2D eigenvalue weighted by atomic mass is 35.5. The van der Waals surface area contributed by atoms with Gasteiger partial charge in [0, 0.05) is 23.6 Å². The van der Waals surface area contributed by atoms with E-state index in [4.69, 9.17) is 24.1 Å². The minimum Gasteiger partial charge on any atom is -0.493 e. The standard InChI is InChI=1S/C30H31NO10.ClH/c1-31-13-12-29-23-17-8-9-19(38-2)25(23)41-26(29)20(10-11-30(29,37)21(31)14-17)39-28(36)24(16-6-4-3-5-7-16)40-22(33)15-18(32)27(34)35;/h3-10,18,21,24,26,32,37H,11-15H2,1-2H3,(H,34,35);1H/t18-,21+,24-,26-,29-,30+;/m0./s1. The molecule has 3 N–H and O–H groups in total. The molecule has 2 aliphatic heterocycles. The summed E-state index contributed by atoms with van der Waals surface area (Å²) < 4.78 is 23.4. The summed E-state index contributed by atoms with van der Waals surface area (Å²) in [7, 11) is 3.54. The van der Waals surface area contributed by atoms with Crippen LogP contribution < -0.4 is 9.47 Å². The van der Waals surface area contributed by atoms with E-state index in [1.165, 1.54) is 0 Å². The molecule has 224 valence electrons. The zero-order chi connectivity index (χ0) is 29.1. The normalized spacial score (nSPS) is 28.1. The quantitative estimate of drug-likeness (QED) is 0.381. The molecule has 2 bridgehead atoms. The Morgan fingerprint density at radius 2 is 1.90 bits per heavy atom. The molecule has 0 aromatic heterocycles. The van der Waals surface area contributed by atoms with Crippen LogP contribution in [0.5, 0.6) is 11.5 Å². The van der Waals surface area contributed by atoms with Crippen LogP contribution in [-0.4, -0.2) is 82.7 Å². The van der Waals surface area contributed by atoms with E-state index in [1.807, 2.05) is 19.2 Å². The number of carbonyl (C=O) groups is 3. The number of nitrogens with zero attached hydrogens (tertiary/aromatic N) is 1. The summed E-state index contributed by atoms with van der Waals surface area (Å²) in [5, 5.41) is 30.9. The Morgan fingerprint density at radius 3 is 2.60 bits per heavy atom. The molecular weight excluding hydrogens is 570 g/mol. The molecule has 1 spiro atoms. The van der Waals surface area contributed by atoms with Gasteiger partial charge in [0.25, 0.3) is 0 Å². The monoisotopic (exact) mass is 601 g/mol. The van der Waals surface area contributed by atoms with Crippen LogP contribution in [0.2, 0.25) is 0 Å². The smallest absolute Gasteiger partial charge is 0.357 e. The number of hydrogen-bond donors (Lipinski definition) is 3. The third-order valence-electron chi connectivity index (χ3n) is 8.99. The van der Waals surface area contributed by atoms with Crippen molar-refractivity contribution in [3.63, 3.8) is 0 Å². The first kappa shape index (κ1) is 29.8. The van der Waals surface area contributed by atoms with Gasteiger partial charge in [-0.15, -0.1) is 12.4 Å². The van der Waals surface area contributed by atoms with Crippen molar-refractivity contribution in [1.29, 1.82) is 0 Å². The number of benzene rings is 2. The highest BCUT2D eigenvalue weighted by Crippen LogP contribution is 2.65. The molecule has 0 unspecified atom stereocenters. The number of likely N-dealkylation sites (N-methyl/N-ethyl adjacent to an activating group) is 1. The molecule has 42 heavy (non-hydrogen) atoms. The molecule has 6 atom stereocenters. The van der Waals surface area contributed by atoms with Gasteiger partial charge in [-0.2, -0.15) is 0 Å². The number of carbonyl (C=O) groups excluding carboxylic acids is 2. The number of rotatable bonds is 8. The first-order valence-electron chi connectivity index (χ1n) is 13.5. The number of hydrogen-bond acceptors (Lipinski definition) is 10. The maximum Gasteiger partial charge on any atom is 0.357 e. The number of carboxylic acid groups (broad SMARTS) is 1. The molecule has 12 heteroatoms. The fourth-order valence-corrected chi connectivity index (χ4v) is 7.06. The Labute approximate surface area is 248 Å². The van der Waals surface area contributed by atoms with Crippen LogP contribution in [0.15, 0.2) is 54.3 Å². The largest absolute Gasteiger partial charge is 0.493 e. The van der Waals surface area contributed by atoms with Gasteiger partial charge >= 0.3 is 17.9 Å². The average Bonchev–Trinajstić information content (AvgIpc) is 3.31. The lowest BCUT2D eigenvalue weighted by molar-refractivity contribution is -0.177. The van der Waals surface area contributed by atoms with Crippen LogP contribution in [0.3, 0.4) is 0 Å². The molecule has 11 nitrogen and oxygen atoms in total. The number of aliphatic carboxylic acids is 1. The Hall–Kier alpha value is -3.64. The highest BCUT2D eigenvalue weighted by molar-refractivity contribution is 5.85. The summed E-state index contributed by atoms with van der Waals surface area (Å²) in [5.74, 6) is -2.36. The first-order chi connectivity index (χ1) is 19.6. The molecule has 1 fully saturated rings. The van der Waals surface area contributed by atoms with Crippen molar-refractivity contribution in [2.45, 2.75) is 61.1 Å². The van der Waals surface area contributed by atoms with Gasteiger partial charge in [-0.05, 0) is 44.1 Å². The molecule has 0 amide bonds. The van der Waals surface area contributed by atoms with Crippen molar-refractivity contribution in [3.8, 4) is 11.5 Å². The molecule has 2 aromatic carbocycles. The van der Waals surface area contributed by atoms with E-state index in [9.17, 15) is 24.6 Å². The van der Waals surface area contributed by atoms with E-state index in [2.05, 4.69) is 4.90 Å². The van der Waals surface area contributed by atoms with Crippen molar-refractivity contribution >= 4 is 30.3 Å². The third-order valence-corrected chi connectivity index (χ3v) is 8.99. The van der Waals surface area contributed by atoms with E-state index in [0.29, 0.717) is 36.4 Å². The molecule has 6 rings (SSSR count). The van der Waals surface area contributed by atoms with Gasteiger partial charge in [0.2, 0.25) is 6.10 Å². The average molecular weight is 602 g/mol. The van der Waals surface area contributed by atoms with E-state index >= 15 is 0 Å². The number of esters is 2. The van der Waals surface area contributed by atoms with Crippen LogP contribution in [0.4, 0.5) is 0 Å². The van der Waals surface area contributed by atoms with Gasteiger partial charge in [0.15, 0.2) is 23.7 Å². The van der Waals surface area contributed by atoms with Crippen molar-refractivity contribution in [2.75, 3.05) is 20.7 Å². The summed E-state index contributed by atoms with van der Waals surface area (Å²) in [6.45, 7) is 0.695. The first-order valence-corrected chi connectivity index (χ1v) is 13.5. The van der Waals surface area contributed by atoms with Gasteiger partial charge in [-0.25, -0.2) is 9.59 Å². The third kappa shape index (κ3) is 4.34. The number of aliphatic hydroxyl groups excluding tert-OH is 1. The van der Waals surface area contributed by atoms with E-state index in [0.717, 1.165) is 11.1 Å². The minimum atomic E-state index is -1.98. The molecule has 4 aliphatic rings. The van der Waals surface area contributed by atoms with Crippen molar-refractivity contribution in [3.05, 3.63) is 71.0 Å². The number of likely N-dealkylation sites (tertiary alicyclic amines) is 1. The Balaban J connectivity index is 0.00000353. The second-order valence-electron chi connectivity index (χ2n) is 11.0. The van der Waals surface area contributed by atoms with Crippen LogP contribution in [0.25, 0.3) is 0 Å². The van der Waals surface area contributed by atoms with Crippen LogP contribution in [0, 0.1) is 0 Å². The lowest BCUT2D eigenvalue weighted by atomic mass is 9.50. The number of piperidine rings is 1. The van der Waals surface area contributed by atoms with Crippen LogP contribution in [-0.2, 0) is 35.7 Å². The number of ether oxygens (including phenoxy) is 4. The van der Waals surface area contributed by atoms with Crippen molar-refractivity contribution in [2.24, 2.45) is 0 Å². The summed E-state index contributed by atoms with van der Waals surface area (Å²) in [6.07, 6.45) is -2.14. The molecule has 2 aromatic rings. The molecule has 2 aliphatic carbocycles. The van der Waals surface area contributed by atoms with E-state index in [1.54, 1.807) is 43.5 Å². The fraction of sp³-hybridized carbons (Fsp3) is 0.433. The van der Waals surface area contributed by atoms with E-state index in [-0.39, 0.29) is 30.6 Å². The lowest BCUT2D eigenvalue weighted by Gasteiger charge is -2.61. The molecule has 0 radical (unpaired) electrons. The van der Waals surface area contributed by atoms with Gasteiger partial charge in [0.05, 0.1) is 24.5 Å². The Morgan fingerprint density at radius 1 is 1.17 bits per heavy atom. The van der Waals surface area contributed by atoms with Crippen molar-refractivity contribution in [1.82, 2.24) is 4.90 Å². The number of carboxylic acids is 1. The predicted molar refractivity (Wildman–Crippen MR) is 148 cm³/mol. The van der Waals surface area contributed by atoms with Crippen LogP contribution >= 0.6 is 12.4 Å². The number of methoxy groups -OCH3 is 1.